The van der Waals surface area contributed by atoms with E-state index in [0.717, 1.165) is 0 Å². The van der Waals surface area contributed by atoms with Crippen LogP contribution in [-0.4, -0.2) is 37.9 Å². The van der Waals surface area contributed by atoms with E-state index in [-0.39, 0.29) is 16.1 Å². The number of hydrogen-bond donors (Lipinski definition) is 1. The SMILES string of the molecule is COCC(C)N(C)c1ccc(C(=O)O)c(Br)c1F. The highest BCUT2D eigenvalue weighted by Gasteiger charge is 2.20. The number of anilines is 1. The Morgan fingerprint density at radius 2 is 2.22 bits per heavy atom. The summed E-state index contributed by atoms with van der Waals surface area (Å²) in [6.45, 7) is 2.34. The summed E-state index contributed by atoms with van der Waals surface area (Å²) in [5.74, 6) is -1.75. The lowest BCUT2D eigenvalue weighted by atomic mass is 10.1. The fourth-order valence-electron chi connectivity index (χ4n) is 1.57. The predicted octanol–water partition coefficient (Wildman–Crippen LogP) is 2.76. The van der Waals surface area contributed by atoms with E-state index in [1.54, 1.807) is 19.1 Å². The number of carboxylic acid groups (broad SMARTS) is 1. The summed E-state index contributed by atoms with van der Waals surface area (Å²) in [5, 5.41) is 8.88. The first kappa shape index (κ1) is 14.9. The molecule has 0 saturated heterocycles. The van der Waals surface area contributed by atoms with Crippen molar-refractivity contribution in [1.82, 2.24) is 0 Å². The first-order chi connectivity index (χ1) is 8.40. The summed E-state index contributed by atoms with van der Waals surface area (Å²) in [4.78, 5) is 12.6. The number of methoxy groups -OCH3 is 1. The highest BCUT2D eigenvalue weighted by molar-refractivity contribution is 9.10. The van der Waals surface area contributed by atoms with Gasteiger partial charge in [0.2, 0.25) is 0 Å². The van der Waals surface area contributed by atoms with Gasteiger partial charge < -0.3 is 14.7 Å². The number of carboxylic acids is 1. The molecule has 0 fully saturated rings. The molecule has 1 atom stereocenters. The maximum atomic E-state index is 14.1. The van der Waals surface area contributed by atoms with Crippen LogP contribution < -0.4 is 4.90 Å². The molecule has 4 nitrogen and oxygen atoms in total. The van der Waals surface area contributed by atoms with Gasteiger partial charge in [-0.3, -0.25) is 0 Å². The molecule has 0 aliphatic rings. The number of carbonyl (C=O) groups is 1. The standard InChI is InChI=1S/C12H15BrFNO3/c1-7(6-18-3)15(2)9-5-4-8(12(16)17)10(13)11(9)14/h4-5,7H,6H2,1-3H3,(H,16,17). The number of hydrogen-bond acceptors (Lipinski definition) is 3. The lowest BCUT2D eigenvalue weighted by molar-refractivity contribution is 0.0695. The number of rotatable bonds is 5. The minimum absolute atomic E-state index is 0.0212. The summed E-state index contributed by atoms with van der Waals surface area (Å²) in [6.07, 6.45) is 0. The number of halogens is 2. The molecule has 0 bridgehead atoms. The van der Waals surface area contributed by atoms with E-state index in [1.165, 1.54) is 12.1 Å². The van der Waals surface area contributed by atoms with Crippen molar-refractivity contribution in [2.24, 2.45) is 0 Å². The van der Waals surface area contributed by atoms with E-state index in [9.17, 15) is 9.18 Å². The molecule has 0 saturated carbocycles. The molecule has 1 rings (SSSR count). The lowest BCUT2D eigenvalue weighted by Crippen LogP contribution is -2.33. The van der Waals surface area contributed by atoms with Crippen LogP contribution in [-0.2, 0) is 4.74 Å². The Balaban J connectivity index is 3.12. The second-order valence-electron chi connectivity index (χ2n) is 3.98. The summed E-state index contributed by atoms with van der Waals surface area (Å²) < 4.78 is 19.1. The molecule has 100 valence electrons. The van der Waals surface area contributed by atoms with Gasteiger partial charge in [0.05, 0.1) is 22.3 Å². The Morgan fingerprint density at radius 1 is 1.61 bits per heavy atom. The van der Waals surface area contributed by atoms with E-state index >= 15 is 0 Å². The summed E-state index contributed by atoms with van der Waals surface area (Å²) in [7, 11) is 3.30. The number of nitrogens with zero attached hydrogens (tertiary/aromatic N) is 1. The zero-order chi connectivity index (χ0) is 13.9. The van der Waals surface area contributed by atoms with Crippen LogP contribution in [0.4, 0.5) is 10.1 Å². The smallest absolute Gasteiger partial charge is 0.336 e. The molecule has 0 amide bonds. The molecule has 1 aromatic rings. The van der Waals surface area contributed by atoms with Crippen LogP contribution in [0.1, 0.15) is 17.3 Å². The third kappa shape index (κ3) is 3.00. The van der Waals surface area contributed by atoms with Gasteiger partial charge in [0, 0.05) is 20.2 Å². The van der Waals surface area contributed by atoms with Gasteiger partial charge in [0.1, 0.15) is 0 Å². The van der Waals surface area contributed by atoms with Crippen molar-refractivity contribution in [3.05, 3.63) is 28.0 Å². The topological polar surface area (TPSA) is 49.8 Å². The second-order valence-corrected chi connectivity index (χ2v) is 4.77. The van der Waals surface area contributed by atoms with Crippen molar-refractivity contribution in [3.8, 4) is 0 Å². The second kappa shape index (κ2) is 6.15. The molecule has 0 heterocycles. The summed E-state index contributed by atoms with van der Waals surface area (Å²) in [6, 6.07) is 2.81. The van der Waals surface area contributed by atoms with E-state index in [2.05, 4.69) is 15.9 Å². The van der Waals surface area contributed by atoms with Gasteiger partial charge in [-0.15, -0.1) is 0 Å². The molecule has 1 aromatic carbocycles. The minimum Gasteiger partial charge on any atom is -0.478 e. The predicted molar refractivity (Wildman–Crippen MR) is 70.8 cm³/mol. The van der Waals surface area contributed by atoms with Crippen LogP contribution in [0.3, 0.4) is 0 Å². The Labute approximate surface area is 113 Å². The number of ether oxygens (including phenoxy) is 1. The van der Waals surface area contributed by atoms with Crippen molar-refractivity contribution in [2.75, 3.05) is 25.7 Å². The van der Waals surface area contributed by atoms with Gasteiger partial charge in [-0.25, -0.2) is 9.18 Å². The van der Waals surface area contributed by atoms with Gasteiger partial charge in [-0.1, -0.05) is 0 Å². The largest absolute Gasteiger partial charge is 0.478 e. The van der Waals surface area contributed by atoms with Crippen molar-refractivity contribution >= 4 is 27.6 Å². The van der Waals surface area contributed by atoms with E-state index in [4.69, 9.17) is 9.84 Å². The van der Waals surface area contributed by atoms with Crippen LogP contribution in [0.2, 0.25) is 0 Å². The molecular weight excluding hydrogens is 305 g/mol. The van der Waals surface area contributed by atoms with Crippen LogP contribution in [0.15, 0.2) is 16.6 Å². The fraction of sp³-hybridized carbons (Fsp3) is 0.417. The zero-order valence-corrected chi connectivity index (χ0v) is 12.0. The summed E-state index contributed by atoms with van der Waals surface area (Å²) >= 11 is 2.97. The maximum Gasteiger partial charge on any atom is 0.336 e. The van der Waals surface area contributed by atoms with E-state index in [0.29, 0.717) is 12.3 Å². The van der Waals surface area contributed by atoms with Crippen molar-refractivity contribution in [3.63, 3.8) is 0 Å². The molecule has 0 radical (unpaired) electrons. The Kier molecular flexibility index (Phi) is 5.10. The average Bonchev–Trinajstić information content (AvgIpc) is 2.31. The van der Waals surface area contributed by atoms with E-state index in [1.807, 2.05) is 6.92 Å². The molecule has 0 aliphatic heterocycles. The number of aromatic carboxylic acids is 1. The first-order valence-corrected chi connectivity index (χ1v) is 6.12. The fourth-order valence-corrected chi connectivity index (χ4v) is 2.07. The molecule has 0 spiro atoms. The molecule has 1 N–H and O–H groups in total. The minimum atomic E-state index is -1.17. The van der Waals surface area contributed by atoms with Crippen LogP contribution >= 0.6 is 15.9 Å². The van der Waals surface area contributed by atoms with Crippen molar-refractivity contribution in [2.45, 2.75) is 13.0 Å². The third-order valence-electron chi connectivity index (χ3n) is 2.74. The van der Waals surface area contributed by atoms with Crippen molar-refractivity contribution < 1.29 is 19.0 Å². The molecule has 6 heteroatoms. The van der Waals surface area contributed by atoms with Crippen molar-refractivity contribution in [1.29, 1.82) is 0 Å². The zero-order valence-electron chi connectivity index (χ0n) is 10.4. The van der Waals surface area contributed by atoms with Gasteiger partial charge in [0.15, 0.2) is 5.82 Å². The van der Waals surface area contributed by atoms with Gasteiger partial charge in [0.25, 0.3) is 0 Å². The number of benzene rings is 1. The normalized spacial score (nSPS) is 12.3. The molecule has 18 heavy (non-hydrogen) atoms. The highest BCUT2D eigenvalue weighted by Crippen LogP contribution is 2.29. The molecule has 0 aromatic heterocycles. The average molecular weight is 320 g/mol. The Hall–Kier alpha value is -1.14. The highest BCUT2D eigenvalue weighted by atomic mass is 79.9. The van der Waals surface area contributed by atoms with Gasteiger partial charge >= 0.3 is 5.97 Å². The van der Waals surface area contributed by atoms with Gasteiger partial charge in [-0.05, 0) is 35.0 Å². The van der Waals surface area contributed by atoms with Crippen LogP contribution in [0.25, 0.3) is 0 Å². The van der Waals surface area contributed by atoms with Crippen LogP contribution in [0.5, 0.6) is 0 Å². The first-order valence-electron chi connectivity index (χ1n) is 5.33. The van der Waals surface area contributed by atoms with Crippen LogP contribution in [0, 0.1) is 5.82 Å². The molecule has 1 unspecified atom stereocenters. The molecule has 0 aliphatic carbocycles. The van der Waals surface area contributed by atoms with Gasteiger partial charge in [-0.2, -0.15) is 0 Å². The lowest BCUT2D eigenvalue weighted by Gasteiger charge is -2.27. The van der Waals surface area contributed by atoms with E-state index < -0.39 is 11.8 Å². The quantitative estimate of drug-likeness (QED) is 0.906. The summed E-state index contributed by atoms with van der Waals surface area (Å²) in [5.41, 5.74) is 0.237. The Bertz CT molecular complexity index is 453. The maximum absolute atomic E-state index is 14.1. The monoisotopic (exact) mass is 319 g/mol. The molecular formula is C12H15BrFNO3. The third-order valence-corrected chi connectivity index (χ3v) is 3.52. The number of likely N-dealkylation sites (N-methyl/N-ethyl adjacent to an activating group) is 1. The Morgan fingerprint density at radius 3 is 2.72 bits per heavy atom.